The summed E-state index contributed by atoms with van der Waals surface area (Å²) in [6.45, 7) is 0. The summed E-state index contributed by atoms with van der Waals surface area (Å²) in [4.78, 5) is 15.3. The number of aryl methyl sites for hydroxylation is 1. The number of hydrogen-bond acceptors (Lipinski definition) is 4. The molecule has 5 nitrogen and oxygen atoms in total. The summed E-state index contributed by atoms with van der Waals surface area (Å²) in [5.41, 5.74) is 1.14. The highest BCUT2D eigenvalue weighted by Gasteiger charge is 2.11. The largest absolute Gasteiger partial charge is 0.469 e. The zero-order chi connectivity index (χ0) is 12.3. The van der Waals surface area contributed by atoms with Gasteiger partial charge in [-0.2, -0.15) is 5.26 Å². The Morgan fingerprint density at radius 1 is 1.59 bits per heavy atom. The van der Waals surface area contributed by atoms with Crippen LogP contribution in [-0.2, 0) is 16.0 Å². The number of pyridine rings is 1. The Kier molecular flexibility index (Phi) is 3.06. The zero-order valence-corrected chi connectivity index (χ0v) is 9.38. The molecule has 0 aromatic carbocycles. The van der Waals surface area contributed by atoms with Gasteiger partial charge >= 0.3 is 5.97 Å². The fraction of sp³-hybridized carbons (Fsp3) is 0.250. The molecule has 0 aliphatic carbocycles. The molecule has 0 radical (unpaired) electrons. The molecule has 0 aliphatic rings. The van der Waals surface area contributed by atoms with Gasteiger partial charge in [0.1, 0.15) is 11.9 Å². The lowest BCUT2D eigenvalue weighted by atomic mass is 10.3. The van der Waals surface area contributed by atoms with Gasteiger partial charge in [0, 0.05) is 12.6 Å². The molecule has 2 heterocycles. The van der Waals surface area contributed by atoms with Gasteiger partial charge in [-0.1, -0.05) is 6.07 Å². The number of carbonyl (C=O) groups is 1. The molecule has 0 atom stereocenters. The number of imidazole rings is 1. The van der Waals surface area contributed by atoms with E-state index in [1.807, 2.05) is 34.9 Å². The summed E-state index contributed by atoms with van der Waals surface area (Å²) in [6, 6.07) is 7.58. The molecule has 0 bridgehead atoms. The lowest BCUT2D eigenvalue weighted by molar-refractivity contribution is -0.140. The van der Waals surface area contributed by atoms with E-state index in [1.165, 1.54) is 7.11 Å². The second kappa shape index (κ2) is 4.66. The minimum atomic E-state index is -0.281. The summed E-state index contributed by atoms with van der Waals surface area (Å²) in [5.74, 6) is 0.415. The molecule has 2 aromatic rings. The summed E-state index contributed by atoms with van der Waals surface area (Å²) in [6.07, 6.45) is 2.55. The van der Waals surface area contributed by atoms with Crippen molar-refractivity contribution < 1.29 is 9.53 Å². The third-order valence-electron chi connectivity index (χ3n) is 2.51. The molecule has 2 aromatic heterocycles. The number of rotatable bonds is 3. The van der Waals surface area contributed by atoms with Crippen molar-refractivity contribution >= 4 is 11.5 Å². The third kappa shape index (κ3) is 2.11. The van der Waals surface area contributed by atoms with Gasteiger partial charge < -0.3 is 9.14 Å². The quantitative estimate of drug-likeness (QED) is 0.744. The van der Waals surface area contributed by atoms with Gasteiger partial charge in [0.05, 0.1) is 19.0 Å². The van der Waals surface area contributed by atoms with E-state index in [-0.39, 0.29) is 12.4 Å². The van der Waals surface area contributed by atoms with Crippen LogP contribution in [0.25, 0.3) is 5.52 Å². The van der Waals surface area contributed by atoms with Crippen molar-refractivity contribution in [3.05, 3.63) is 35.9 Å². The molecule has 0 unspecified atom stereocenters. The van der Waals surface area contributed by atoms with Gasteiger partial charge in [-0.05, 0) is 12.1 Å². The predicted octanol–water partition coefficient (Wildman–Crippen LogP) is 1.31. The predicted molar refractivity (Wildman–Crippen MR) is 60.2 cm³/mol. The second-order valence-electron chi connectivity index (χ2n) is 3.52. The standard InChI is InChI=1S/C12H11N3O2/c1-17-12(16)6-5-11-14-9(8-13)10-4-2-3-7-15(10)11/h2-4,7H,5-6H2,1H3. The topological polar surface area (TPSA) is 67.4 Å². The first-order valence-corrected chi connectivity index (χ1v) is 5.19. The van der Waals surface area contributed by atoms with Gasteiger partial charge in [-0.3, -0.25) is 4.79 Å². The Morgan fingerprint density at radius 2 is 2.41 bits per heavy atom. The van der Waals surface area contributed by atoms with Crippen LogP contribution in [-0.4, -0.2) is 22.5 Å². The number of esters is 1. The van der Waals surface area contributed by atoms with E-state index in [2.05, 4.69) is 9.72 Å². The molecule has 0 fully saturated rings. The summed E-state index contributed by atoms with van der Waals surface area (Å²) >= 11 is 0. The number of carbonyl (C=O) groups excluding carboxylic acids is 1. The van der Waals surface area contributed by atoms with Crippen LogP contribution in [0.3, 0.4) is 0 Å². The van der Waals surface area contributed by atoms with Crippen LogP contribution in [0, 0.1) is 11.3 Å². The molecule has 2 rings (SSSR count). The first kappa shape index (κ1) is 11.1. The SMILES string of the molecule is COC(=O)CCc1nc(C#N)c2ccccn12. The van der Waals surface area contributed by atoms with Crippen molar-refractivity contribution in [2.45, 2.75) is 12.8 Å². The highest BCUT2D eigenvalue weighted by atomic mass is 16.5. The van der Waals surface area contributed by atoms with E-state index < -0.39 is 0 Å². The lowest BCUT2D eigenvalue weighted by Crippen LogP contribution is -2.04. The van der Waals surface area contributed by atoms with Gasteiger partial charge in [0.2, 0.25) is 0 Å². The van der Waals surface area contributed by atoms with Crippen LogP contribution < -0.4 is 0 Å². The third-order valence-corrected chi connectivity index (χ3v) is 2.51. The number of aromatic nitrogens is 2. The maximum atomic E-state index is 11.1. The molecular formula is C12H11N3O2. The van der Waals surface area contributed by atoms with Gasteiger partial charge in [0.25, 0.3) is 0 Å². The minimum absolute atomic E-state index is 0.259. The molecule has 0 N–H and O–H groups in total. The van der Waals surface area contributed by atoms with Gasteiger partial charge in [-0.15, -0.1) is 0 Å². The molecule has 0 spiro atoms. The molecular weight excluding hydrogens is 218 g/mol. The fourth-order valence-corrected chi connectivity index (χ4v) is 1.68. The molecule has 86 valence electrons. The maximum absolute atomic E-state index is 11.1. The highest BCUT2D eigenvalue weighted by Crippen LogP contribution is 2.13. The zero-order valence-electron chi connectivity index (χ0n) is 9.38. The number of nitriles is 1. The van der Waals surface area contributed by atoms with Crippen molar-refractivity contribution in [1.82, 2.24) is 9.38 Å². The molecule has 0 amide bonds. The van der Waals surface area contributed by atoms with Crippen LogP contribution in [0.2, 0.25) is 0 Å². The minimum Gasteiger partial charge on any atom is -0.469 e. The van der Waals surface area contributed by atoms with Crippen molar-refractivity contribution in [2.75, 3.05) is 7.11 Å². The maximum Gasteiger partial charge on any atom is 0.305 e. The number of ether oxygens (including phenoxy) is 1. The summed E-state index contributed by atoms with van der Waals surface area (Å²) < 4.78 is 6.40. The number of hydrogen-bond donors (Lipinski definition) is 0. The van der Waals surface area contributed by atoms with Crippen LogP contribution in [0.15, 0.2) is 24.4 Å². The van der Waals surface area contributed by atoms with Crippen molar-refractivity contribution in [3.8, 4) is 6.07 Å². The Hall–Kier alpha value is -2.35. The van der Waals surface area contributed by atoms with E-state index in [4.69, 9.17) is 5.26 Å². The van der Waals surface area contributed by atoms with E-state index in [0.29, 0.717) is 17.9 Å². The van der Waals surface area contributed by atoms with E-state index >= 15 is 0 Å². The van der Waals surface area contributed by atoms with Gasteiger partial charge in [-0.25, -0.2) is 4.98 Å². The summed E-state index contributed by atoms with van der Waals surface area (Å²) in [7, 11) is 1.35. The Labute approximate surface area is 98.3 Å². The monoisotopic (exact) mass is 229 g/mol. The Bertz CT molecular complexity index is 595. The molecule has 0 aliphatic heterocycles. The molecule has 5 heteroatoms. The van der Waals surface area contributed by atoms with Gasteiger partial charge in [0.15, 0.2) is 5.69 Å². The van der Waals surface area contributed by atoms with E-state index in [9.17, 15) is 4.79 Å². The van der Waals surface area contributed by atoms with E-state index in [1.54, 1.807) is 0 Å². The van der Waals surface area contributed by atoms with Crippen LogP contribution in [0.1, 0.15) is 17.9 Å². The van der Waals surface area contributed by atoms with Crippen LogP contribution in [0.4, 0.5) is 0 Å². The number of methoxy groups -OCH3 is 1. The average molecular weight is 229 g/mol. The normalized spacial score (nSPS) is 10.1. The smallest absolute Gasteiger partial charge is 0.305 e. The molecule has 0 saturated carbocycles. The Morgan fingerprint density at radius 3 is 3.12 bits per heavy atom. The highest BCUT2D eigenvalue weighted by molar-refractivity contribution is 5.69. The lowest BCUT2D eigenvalue weighted by Gasteiger charge is -1.99. The van der Waals surface area contributed by atoms with Crippen molar-refractivity contribution in [2.24, 2.45) is 0 Å². The summed E-state index contributed by atoms with van der Waals surface area (Å²) in [5, 5.41) is 8.96. The average Bonchev–Trinajstić information content (AvgIpc) is 2.74. The van der Waals surface area contributed by atoms with Crippen molar-refractivity contribution in [3.63, 3.8) is 0 Å². The molecule has 17 heavy (non-hydrogen) atoms. The first-order valence-electron chi connectivity index (χ1n) is 5.19. The van der Waals surface area contributed by atoms with Crippen molar-refractivity contribution in [1.29, 1.82) is 5.26 Å². The van der Waals surface area contributed by atoms with Crippen LogP contribution in [0.5, 0.6) is 0 Å². The van der Waals surface area contributed by atoms with E-state index in [0.717, 1.165) is 5.52 Å². The molecule has 0 saturated heterocycles. The second-order valence-corrected chi connectivity index (χ2v) is 3.52. The Balaban J connectivity index is 2.35. The fourth-order valence-electron chi connectivity index (χ4n) is 1.68. The van der Waals surface area contributed by atoms with Crippen LogP contribution >= 0.6 is 0 Å². The number of fused-ring (bicyclic) bond motifs is 1. The first-order chi connectivity index (χ1) is 8.26. The number of nitrogens with zero attached hydrogens (tertiary/aromatic N) is 3.